The van der Waals surface area contributed by atoms with Crippen LogP contribution in [0.1, 0.15) is 41.8 Å². The van der Waals surface area contributed by atoms with Crippen molar-refractivity contribution in [1.29, 1.82) is 0 Å². The first-order chi connectivity index (χ1) is 16.2. The molecule has 0 spiro atoms. The molecule has 11 heteroatoms. The van der Waals surface area contributed by atoms with Crippen molar-refractivity contribution in [3.63, 3.8) is 0 Å². The van der Waals surface area contributed by atoms with E-state index in [-0.39, 0.29) is 36.6 Å². The summed E-state index contributed by atoms with van der Waals surface area (Å²) in [6.45, 7) is 0.599. The third-order valence-corrected chi connectivity index (χ3v) is 6.94. The van der Waals surface area contributed by atoms with Crippen LogP contribution in [-0.2, 0) is 0 Å². The number of nitrogens with two attached hydrogens (primary N) is 2. The molecule has 5 rings (SSSR count). The number of anilines is 4. The summed E-state index contributed by atoms with van der Waals surface area (Å²) in [5.41, 5.74) is 14.6. The number of alkyl halides is 3. The third kappa shape index (κ3) is 4.20. The van der Waals surface area contributed by atoms with Crippen molar-refractivity contribution < 1.29 is 22.4 Å². The van der Waals surface area contributed by atoms with E-state index in [2.05, 4.69) is 15.6 Å². The van der Waals surface area contributed by atoms with Crippen LogP contribution in [0.25, 0.3) is 6.08 Å². The number of nitrogens with zero attached hydrogens (tertiary/aromatic N) is 2. The Kier molecular flexibility index (Phi) is 5.67. The van der Waals surface area contributed by atoms with Crippen LogP contribution < -0.4 is 27.0 Å². The van der Waals surface area contributed by atoms with Crippen LogP contribution in [0, 0.1) is 11.8 Å². The summed E-state index contributed by atoms with van der Waals surface area (Å²) in [5.74, 6) is -1.07. The molecule has 2 atom stereocenters. The van der Waals surface area contributed by atoms with E-state index >= 15 is 0 Å². The lowest BCUT2D eigenvalue weighted by atomic mass is 9.78. The van der Waals surface area contributed by atoms with E-state index in [4.69, 9.17) is 15.9 Å². The molecule has 0 unspecified atom stereocenters. The summed E-state index contributed by atoms with van der Waals surface area (Å²) in [7, 11) is 0. The molecule has 8 nitrogen and oxygen atoms in total. The molecule has 0 radical (unpaired) electrons. The first-order valence-corrected chi connectivity index (χ1v) is 11.4. The minimum Gasteiger partial charge on any atom is -0.438 e. The van der Waals surface area contributed by atoms with Crippen LogP contribution in [0.4, 0.5) is 36.1 Å². The molecular formula is C23H27F3N6O2. The van der Waals surface area contributed by atoms with Gasteiger partial charge in [0, 0.05) is 31.9 Å². The Hall–Kier alpha value is -3.21. The standard InChI is InChI=1S/C23H27F3N6O2/c24-23(25,26)14-7-15(27)11-32(10-14)17-4-5-29-9-16(17)31-22(33)19-20-18(34-21(19)28)6-13(8-30-20)12-2-1-3-12/h4-6,9,12,14-15,30H,1-3,7-8,10-11,27-28H2,(H,31,33)/t14-,15+/m1/s1. The lowest BCUT2D eigenvalue weighted by Crippen LogP contribution is -2.51. The van der Waals surface area contributed by atoms with Crippen molar-refractivity contribution >= 4 is 34.9 Å². The predicted octanol–water partition coefficient (Wildman–Crippen LogP) is 3.83. The van der Waals surface area contributed by atoms with Crippen molar-refractivity contribution in [1.82, 2.24) is 4.98 Å². The highest BCUT2D eigenvalue weighted by atomic mass is 19.4. The third-order valence-electron chi connectivity index (χ3n) is 6.94. The quantitative estimate of drug-likeness (QED) is 0.529. The molecule has 1 saturated carbocycles. The summed E-state index contributed by atoms with van der Waals surface area (Å²) >= 11 is 0. The number of piperidine rings is 1. The summed E-state index contributed by atoms with van der Waals surface area (Å²) in [5, 5.41) is 6.01. The molecule has 34 heavy (non-hydrogen) atoms. The molecule has 3 aliphatic rings. The maximum atomic E-state index is 13.4. The Morgan fingerprint density at radius 3 is 2.79 bits per heavy atom. The second kappa shape index (κ2) is 8.53. The molecule has 6 N–H and O–H groups in total. The van der Waals surface area contributed by atoms with Gasteiger partial charge in [0.1, 0.15) is 5.56 Å². The van der Waals surface area contributed by atoms with Gasteiger partial charge in [0.15, 0.2) is 5.76 Å². The maximum absolute atomic E-state index is 13.4. The largest absolute Gasteiger partial charge is 0.438 e. The molecule has 2 aromatic heterocycles. The highest BCUT2D eigenvalue weighted by Gasteiger charge is 2.44. The number of furan rings is 1. The van der Waals surface area contributed by atoms with Crippen molar-refractivity contribution in [2.24, 2.45) is 17.6 Å². The van der Waals surface area contributed by atoms with Crippen LogP contribution in [0.3, 0.4) is 0 Å². The maximum Gasteiger partial charge on any atom is 0.393 e. The number of aromatic nitrogens is 1. The molecule has 2 aliphatic heterocycles. The smallest absolute Gasteiger partial charge is 0.393 e. The predicted molar refractivity (Wildman–Crippen MR) is 123 cm³/mol. The van der Waals surface area contributed by atoms with Crippen LogP contribution in [0.2, 0.25) is 0 Å². The second-order valence-electron chi connectivity index (χ2n) is 9.27. The Morgan fingerprint density at radius 2 is 2.09 bits per heavy atom. The van der Waals surface area contributed by atoms with Gasteiger partial charge in [0.25, 0.3) is 5.91 Å². The first kappa shape index (κ1) is 22.6. The molecule has 1 saturated heterocycles. The number of carbonyl (C=O) groups is 1. The van der Waals surface area contributed by atoms with E-state index in [1.165, 1.54) is 24.4 Å². The van der Waals surface area contributed by atoms with Crippen LogP contribution in [0.15, 0.2) is 28.5 Å². The minimum atomic E-state index is -4.35. The van der Waals surface area contributed by atoms with Crippen molar-refractivity contribution in [2.45, 2.75) is 37.9 Å². The number of hydrogen-bond donors (Lipinski definition) is 4. The van der Waals surface area contributed by atoms with Crippen molar-refractivity contribution in [3.8, 4) is 0 Å². The van der Waals surface area contributed by atoms with Gasteiger partial charge < -0.3 is 31.4 Å². The number of halogens is 3. The Morgan fingerprint density at radius 1 is 1.29 bits per heavy atom. The van der Waals surface area contributed by atoms with Gasteiger partial charge in [-0.1, -0.05) is 6.42 Å². The SMILES string of the molecule is Nc1oc2c(c1C(=O)Nc1cnccc1N1C[C@@H](N)C[C@@H](C(F)(F)F)C1)NCC(C1CCC1)=C2. The van der Waals surface area contributed by atoms with Gasteiger partial charge in [-0.2, -0.15) is 13.2 Å². The van der Waals surface area contributed by atoms with Gasteiger partial charge >= 0.3 is 6.18 Å². The van der Waals surface area contributed by atoms with Crippen LogP contribution >= 0.6 is 0 Å². The highest BCUT2D eigenvalue weighted by Crippen LogP contribution is 2.41. The average molecular weight is 477 g/mol. The zero-order valence-corrected chi connectivity index (χ0v) is 18.5. The van der Waals surface area contributed by atoms with E-state index < -0.39 is 24.0 Å². The molecule has 1 aliphatic carbocycles. The summed E-state index contributed by atoms with van der Waals surface area (Å²) < 4.78 is 45.9. The van der Waals surface area contributed by atoms with E-state index in [0.29, 0.717) is 29.6 Å². The van der Waals surface area contributed by atoms with E-state index in [1.54, 1.807) is 11.0 Å². The van der Waals surface area contributed by atoms with Crippen molar-refractivity contribution in [2.75, 3.05) is 40.9 Å². The van der Waals surface area contributed by atoms with Crippen LogP contribution in [0.5, 0.6) is 0 Å². The minimum absolute atomic E-state index is 0.0244. The van der Waals surface area contributed by atoms with E-state index in [1.807, 2.05) is 6.08 Å². The molecule has 0 bridgehead atoms. The number of nitrogen functional groups attached to an aromatic ring is 1. The van der Waals surface area contributed by atoms with Crippen molar-refractivity contribution in [3.05, 3.63) is 35.4 Å². The summed E-state index contributed by atoms with van der Waals surface area (Å²) in [6.07, 6.45) is 3.83. The Balaban J connectivity index is 1.39. The van der Waals surface area contributed by atoms with E-state index in [9.17, 15) is 18.0 Å². The lowest BCUT2D eigenvalue weighted by molar-refractivity contribution is -0.177. The molecule has 1 amide bonds. The number of fused-ring (bicyclic) bond motifs is 1. The zero-order valence-electron chi connectivity index (χ0n) is 18.5. The highest BCUT2D eigenvalue weighted by molar-refractivity contribution is 6.13. The number of nitrogens with one attached hydrogen (secondary N) is 2. The molecule has 2 fully saturated rings. The molecule has 182 valence electrons. The number of amides is 1. The molecule has 0 aromatic carbocycles. The number of rotatable bonds is 4. The Bertz CT molecular complexity index is 1120. The zero-order chi connectivity index (χ0) is 24.0. The van der Waals surface area contributed by atoms with Gasteiger partial charge in [-0.25, -0.2) is 0 Å². The number of carbonyl (C=O) groups excluding carboxylic acids is 1. The fourth-order valence-corrected chi connectivity index (χ4v) is 4.94. The summed E-state index contributed by atoms with van der Waals surface area (Å²) in [6, 6.07) is 0.927. The molecular weight excluding hydrogens is 449 g/mol. The normalized spacial score (nSPS) is 22.9. The van der Waals surface area contributed by atoms with Crippen LogP contribution in [-0.4, -0.2) is 42.7 Å². The number of pyridine rings is 1. The van der Waals surface area contributed by atoms with E-state index in [0.717, 1.165) is 12.8 Å². The van der Waals surface area contributed by atoms with Gasteiger partial charge in [-0.15, -0.1) is 0 Å². The topological polar surface area (TPSA) is 122 Å². The second-order valence-corrected chi connectivity index (χ2v) is 9.27. The monoisotopic (exact) mass is 476 g/mol. The molecule has 4 heterocycles. The summed E-state index contributed by atoms with van der Waals surface area (Å²) in [4.78, 5) is 18.8. The fraction of sp³-hybridized carbons (Fsp3) is 0.478. The lowest BCUT2D eigenvalue weighted by Gasteiger charge is -2.39. The van der Waals surface area contributed by atoms with Gasteiger partial charge in [-0.3, -0.25) is 9.78 Å². The Labute approximate surface area is 194 Å². The van der Waals surface area contributed by atoms with Gasteiger partial charge in [-0.05, 0) is 42.9 Å². The first-order valence-electron chi connectivity index (χ1n) is 11.4. The fourth-order valence-electron chi connectivity index (χ4n) is 4.94. The van der Waals surface area contributed by atoms with Gasteiger partial charge in [0.05, 0.1) is 29.2 Å². The number of hydrogen-bond acceptors (Lipinski definition) is 7. The average Bonchev–Trinajstić information content (AvgIpc) is 3.07. The molecule has 2 aromatic rings. The van der Waals surface area contributed by atoms with Gasteiger partial charge in [0.2, 0.25) is 5.88 Å².